The Bertz CT molecular complexity index is 530. The molecular formula is C14H21N3O3. The van der Waals surface area contributed by atoms with Crippen LogP contribution in [0.2, 0.25) is 0 Å². The summed E-state index contributed by atoms with van der Waals surface area (Å²) in [5, 5.41) is 4.24. The SMILES string of the molecule is C[C@@H]1[C@H](C)n2nc(C=O)cc2CN1C(=O)OC(C)(C)C. The fraction of sp³-hybridized carbons (Fsp3) is 0.643. The Balaban J connectivity index is 2.25. The maximum atomic E-state index is 12.3. The molecular weight excluding hydrogens is 258 g/mol. The third kappa shape index (κ3) is 2.69. The molecule has 0 bridgehead atoms. The predicted octanol–water partition coefficient (Wildman–Crippen LogP) is 2.40. The van der Waals surface area contributed by atoms with Crippen LogP contribution in [-0.4, -0.2) is 38.7 Å². The first-order valence-electron chi connectivity index (χ1n) is 6.76. The zero-order valence-corrected chi connectivity index (χ0v) is 12.6. The van der Waals surface area contributed by atoms with Crippen molar-refractivity contribution >= 4 is 12.4 Å². The molecule has 0 saturated heterocycles. The van der Waals surface area contributed by atoms with Gasteiger partial charge in [-0.15, -0.1) is 0 Å². The number of nitrogens with zero attached hydrogens (tertiary/aromatic N) is 3. The lowest BCUT2D eigenvalue weighted by Crippen LogP contribution is -2.48. The number of hydrogen-bond acceptors (Lipinski definition) is 4. The molecule has 1 aliphatic rings. The molecule has 0 saturated carbocycles. The second kappa shape index (κ2) is 4.92. The van der Waals surface area contributed by atoms with Crippen LogP contribution in [0.1, 0.15) is 56.8 Å². The summed E-state index contributed by atoms with van der Waals surface area (Å²) in [5.74, 6) is 0. The van der Waals surface area contributed by atoms with E-state index in [9.17, 15) is 9.59 Å². The van der Waals surface area contributed by atoms with Gasteiger partial charge in [0.05, 0.1) is 24.3 Å². The maximum absolute atomic E-state index is 12.3. The highest BCUT2D eigenvalue weighted by Gasteiger charge is 2.35. The molecule has 1 aromatic heterocycles. The van der Waals surface area contributed by atoms with E-state index >= 15 is 0 Å². The van der Waals surface area contributed by atoms with Crippen LogP contribution in [0, 0.1) is 0 Å². The molecule has 0 radical (unpaired) electrons. The first-order chi connectivity index (χ1) is 9.23. The molecule has 1 aromatic rings. The molecule has 0 N–H and O–H groups in total. The topological polar surface area (TPSA) is 64.4 Å². The first-order valence-corrected chi connectivity index (χ1v) is 6.76. The van der Waals surface area contributed by atoms with Gasteiger partial charge in [-0.25, -0.2) is 4.79 Å². The van der Waals surface area contributed by atoms with Crippen LogP contribution >= 0.6 is 0 Å². The first kappa shape index (κ1) is 14.6. The van der Waals surface area contributed by atoms with Gasteiger partial charge in [-0.05, 0) is 40.7 Å². The van der Waals surface area contributed by atoms with Crippen LogP contribution in [0.3, 0.4) is 0 Å². The van der Waals surface area contributed by atoms with E-state index in [4.69, 9.17) is 4.74 Å². The summed E-state index contributed by atoms with van der Waals surface area (Å²) in [7, 11) is 0. The standard InChI is InChI=1S/C14H21N3O3/c1-9-10(2)17-12(6-11(8-18)15-17)7-16(9)13(19)20-14(3,4)5/h6,8-10H,7H2,1-5H3/t9-,10+/m1/s1. The summed E-state index contributed by atoms with van der Waals surface area (Å²) in [5.41, 5.74) is 0.722. The minimum Gasteiger partial charge on any atom is -0.444 e. The van der Waals surface area contributed by atoms with Crippen molar-refractivity contribution in [2.24, 2.45) is 0 Å². The molecule has 20 heavy (non-hydrogen) atoms. The lowest BCUT2D eigenvalue weighted by atomic mass is 10.1. The van der Waals surface area contributed by atoms with Gasteiger partial charge in [0.25, 0.3) is 0 Å². The van der Waals surface area contributed by atoms with Gasteiger partial charge in [0, 0.05) is 0 Å². The summed E-state index contributed by atoms with van der Waals surface area (Å²) < 4.78 is 7.25. The monoisotopic (exact) mass is 279 g/mol. The van der Waals surface area contributed by atoms with Crippen LogP contribution < -0.4 is 0 Å². The van der Waals surface area contributed by atoms with Crippen molar-refractivity contribution < 1.29 is 14.3 Å². The zero-order chi connectivity index (χ0) is 15.1. The van der Waals surface area contributed by atoms with E-state index in [-0.39, 0.29) is 18.2 Å². The highest BCUT2D eigenvalue weighted by molar-refractivity contribution is 5.72. The van der Waals surface area contributed by atoms with Crippen molar-refractivity contribution in [3.63, 3.8) is 0 Å². The van der Waals surface area contributed by atoms with Crippen LogP contribution in [0.5, 0.6) is 0 Å². The fourth-order valence-corrected chi connectivity index (χ4v) is 2.32. The Kier molecular flexibility index (Phi) is 3.58. The summed E-state index contributed by atoms with van der Waals surface area (Å²) in [6, 6.07) is 1.67. The zero-order valence-electron chi connectivity index (χ0n) is 12.6. The van der Waals surface area contributed by atoms with Gasteiger partial charge in [-0.1, -0.05) is 0 Å². The normalized spacial score (nSPS) is 22.4. The minimum atomic E-state index is -0.522. The number of ether oxygens (including phenoxy) is 1. The number of carbonyl (C=O) groups excluding carboxylic acids is 2. The molecule has 0 unspecified atom stereocenters. The summed E-state index contributed by atoms with van der Waals surface area (Å²) in [6.45, 7) is 9.88. The van der Waals surface area contributed by atoms with Crippen LogP contribution in [0.15, 0.2) is 6.07 Å². The van der Waals surface area contributed by atoms with Crippen molar-refractivity contribution in [3.8, 4) is 0 Å². The Hall–Kier alpha value is -1.85. The highest BCUT2D eigenvalue weighted by Crippen LogP contribution is 2.28. The Labute approximate surface area is 118 Å². The van der Waals surface area contributed by atoms with Crippen molar-refractivity contribution in [1.82, 2.24) is 14.7 Å². The van der Waals surface area contributed by atoms with E-state index in [0.717, 1.165) is 12.0 Å². The molecule has 110 valence electrons. The molecule has 1 amide bonds. The van der Waals surface area contributed by atoms with E-state index in [1.807, 2.05) is 39.3 Å². The van der Waals surface area contributed by atoms with Gasteiger partial charge in [-0.3, -0.25) is 14.4 Å². The molecule has 2 atom stereocenters. The summed E-state index contributed by atoms with van der Waals surface area (Å²) >= 11 is 0. The van der Waals surface area contributed by atoms with Crippen LogP contribution in [0.4, 0.5) is 4.79 Å². The lowest BCUT2D eigenvalue weighted by Gasteiger charge is -2.39. The number of rotatable bonds is 1. The minimum absolute atomic E-state index is 0.0000293. The molecule has 6 heteroatoms. The molecule has 6 nitrogen and oxygen atoms in total. The maximum Gasteiger partial charge on any atom is 0.410 e. The third-order valence-corrected chi connectivity index (χ3v) is 3.49. The second-order valence-electron chi connectivity index (χ2n) is 6.21. The van der Waals surface area contributed by atoms with Gasteiger partial charge in [0.1, 0.15) is 11.3 Å². The number of hydrogen-bond donors (Lipinski definition) is 0. The molecule has 2 rings (SSSR count). The second-order valence-corrected chi connectivity index (χ2v) is 6.21. The number of fused-ring (bicyclic) bond motifs is 1. The number of carbonyl (C=O) groups is 2. The molecule has 2 heterocycles. The van der Waals surface area contributed by atoms with Crippen molar-refractivity contribution in [2.75, 3.05) is 0 Å². The molecule has 0 fully saturated rings. The Morgan fingerprint density at radius 3 is 2.60 bits per heavy atom. The molecule has 0 spiro atoms. The van der Waals surface area contributed by atoms with Crippen molar-refractivity contribution in [1.29, 1.82) is 0 Å². The van der Waals surface area contributed by atoms with Gasteiger partial charge in [0.2, 0.25) is 0 Å². The summed E-state index contributed by atoms with van der Waals surface area (Å²) in [6.07, 6.45) is 0.387. The van der Waals surface area contributed by atoms with Gasteiger partial charge in [0.15, 0.2) is 6.29 Å². The van der Waals surface area contributed by atoms with Crippen LogP contribution in [0.25, 0.3) is 0 Å². The molecule has 1 aliphatic heterocycles. The highest BCUT2D eigenvalue weighted by atomic mass is 16.6. The number of aromatic nitrogens is 2. The van der Waals surface area contributed by atoms with Gasteiger partial charge < -0.3 is 4.74 Å². The predicted molar refractivity (Wildman–Crippen MR) is 73.6 cm³/mol. The van der Waals surface area contributed by atoms with Gasteiger partial charge in [-0.2, -0.15) is 5.10 Å². The average molecular weight is 279 g/mol. The third-order valence-electron chi connectivity index (χ3n) is 3.49. The van der Waals surface area contributed by atoms with E-state index in [2.05, 4.69) is 5.10 Å². The van der Waals surface area contributed by atoms with E-state index in [1.54, 1.807) is 11.0 Å². The van der Waals surface area contributed by atoms with E-state index in [1.165, 1.54) is 0 Å². The van der Waals surface area contributed by atoms with Crippen LogP contribution in [-0.2, 0) is 11.3 Å². The molecule has 0 aliphatic carbocycles. The average Bonchev–Trinajstić information content (AvgIpc) is 2.74. The lowest BCUT2D eigenvalue weighted by molar-refractivity contribution is 0.00407. The fourth-order valence-electron chi connectivity index (χ4n) is 2.32. The largest absolute Gasteiger partial charge is 0.444 e. The number of aldehydes is 1. The smallest absolute Gasteiger partial charge is 0.410 e. The quantitative estimate of drug-likeness (QED) is 0.740. The number of amides is 1. The Morgan fingerprint density at radius 1 is 1.40 bits per heavy atom. The Morgan fingerprint density at radius 2 is 2.05 bits per heavy atom. The van der Waals surface area contributed by atoms with Crippen molar-refractivity contribution in [2.45, 2.75) is 58.8 Å². The van der Waals surface area contributed by atoms with E-state index in [0.29, 0.717) is 12.2 Å². The summed E-state index contributed by atoms with van der Waals surface area (Å²) in [4.78, 5) is 24.8. The molecule has 0 aromatic carbocycles. The van der Waals surface area contributed by atoms with E-state index < -0.39 is 5.60 Å². The van der Waals surface area contributed by atoms with Gasteiger partial charge >= 0.3 is 6.09 Å². The van der Waals surface area contributed by atoms with Crippen molar-refractivity contribution in [3.05, 3.63) is 17.5 Å².